The first-order chi connectivity index (χ1) is 9.06. The van der Waals surface area contributed by atoms with Gasteiger partial charge in [-0.15, -0.1) is 0 Å². The fourth-order valence-electron chi connectivity index (χ4n) is 1.81. The summed E-state index contributed by atoms with van der Waals surface area (Å²) >= 11 is 0. The molecule has 19 heavy (non-hydrogen) atoms. The van der Waals surface area contributed by atoms with Crippen molar-refractivity contribution >= 4 is 5.97 Å². The Morgan fingerprint density at radius 2 is 1.95 bits per heavy atom. The fourth-order valence-corrected chi connectivity index (χ4v) is 1.81. The van der Waals surface area contributed by atoms with Gasteiger partial charge in [0.2, 0.25) is 0 Å². The summed E-state index contributed by atoms with van der Waals surface area (Å²) < 4.78 is 12.0. The second kappa shape index (κ2) is 5.01. The topological polar surface area (TPSA) is 73.6 Å². The molecule has 0 fully saturated rings. The van der Waals surface area contributed by atoms with Crippen molar-refractivity contribution in [3.05, 3.63) is 30.1 Å². The third-order valence-electron chi connectivity index (χ3n) is 2.74. The van der Waals surface area contributed by atoms with Crippen LogP contribution in [0.2, 0.25) is 0 Å². The standard InChI is InChI=1S/C13H14N2O4/c1-15-7-9(13(16)17)14-12(15)8-4-5-10(18-2)11(6-8)19-3/h4-7H,1-3H3,(H,16,17). The molecule has 0 amide bonds. The molecule has 1 heterocycles. The van der Waals surface area contributed by atoms with Gasteiger partial charge < -0.3 is 19.1 Å². The molecule has 0 spiro atoms. The largest absolute Gasteiger partial charge is 0.493 e. The van der Waals surface area contributed by atoms with E-state index < -0.39 is 5.97 Å². The predicted molar refractivity (Wildman–Crippen MR) is 68.7 cm³/mol. The fraction of sp³-hybridized carbons (Fsp3) is 0.231. The molecule has 0 radical (unpaired) electrons. The van der Waals surface area contributed by atoms with Crippen LogP contribution in [0.3, 0.4) is 0 Å². The summed E-state index contributed by atoms with van der Waals surface area (Å²) in [6.45, 7) is 0. The zero-order chi connectivity index (χ0) is 14.0. The average molecular weight is 262 g/mol. The highest BCUT2D eigenvalue weighted by molar-refractivity contribution is 5.86. The van der Waals surface area contributed by atoms with E-state index in [9.17, 15) is 4.79 Å². The maximum absolute atomic E-state index is 10.9. The Morgan fingerprint density at radius 1 is 1.26 bits per heavy atom. The van der Waals surface area contributed by atoms with Crippen LogP contribution in [0.4, 0.5) is 0 Å². The van der Waals surface area contributed by atoms with Crippen molar-refractivity contribution in [2.45, 2.75) is 0 Å². The minimum atomic E-state index is -1.05. The Labute approximate surface area is 110 Å². The molecule has 6 heteroatoms. The van der Waals surface area contributed by atoms with Crippen molar-refractivity contribution in [3.63, 3.8) is 0 Å². The van der Waals surface area contributed by atoms with Crippen LogP contribution >= 0.6 is 0 Å². The lowest BCUT2D eigenvalue weighted by molar-refractivity contribution is 0.0691. The first-order valence-corrected chi connectivity index (χ1v) is 5.56. The van der Waals surface area contributed by atoms with Crippen molar-refractivity contribution in [1.82, 2.24) is 9.55 Å². The molecule has 0 saturated heterocycles. The number of aryl methyl sites for hydroxylation is 1. The normalized spacial score (nSPS) is 10.3. The van der Waals surface area contributed by atoms with Gasteiger partial charge >= 0.3 is 5.97 Å². The Morgan fingerprint density at radius 3 is 2.47 bits per heavy atom. The van der Waals surface area contributed by atoms with Gasteiger partial charge in [-0.2, -0.15) is 0 Å². The highest BCUT2D eigenvalue weighted by Gasteiger charge is 2.14. The van der Waals surface area contributed by atoms with Crippen molar-refractivity contribution in [2.75, 3.05) is 14.2 Å². The number of imidazole rings is 1. The third-order valence-corrected chi connectivity index (χ3v) is 2.74. The smallest absolute Gasteiger partial charge is 0.356 e. The number of methoxy groups -OCH3 is 2. The van der Waals surface area contributed by atoms with Gasteiger partial charge in [0.15, 0.2) is 17.2 Å². The third kappa shape index (κ3) is 2.37. The molecule has 0 aliphatic heterocycles. The van der Waals surface area contributed by atoms with Crippen LogP contribution in [-0.4, -0.2) is 34.8 Å². The molecular weight excluding hydrogens is 248 g/mol. The van der Waals surface area contributed by atoms with Gasteiger partial charge in [-0.1, -0.05) is 0 Å². The monoisotopic (exact) mass is 262 g/mol. The van der Waals surface area contributed by atoms with Gasteiger partial charge in [0.1, 0.15) is 5.82 Å². The van der Waals surface area contributed by atoms with Gasteiger partial charge in [0.25, 0.3) is 0 Å². The van der Waals surface area contributed by atoms with E-state index in [1.807, 2.05) is 0 Å². The van der Waals surface area contributed by atoms with Crippen LogP contribution in [0.15, 0.2) is 24.4 Å². The summed E-state index contributed by atoms with van der Waals surface area (Å²) in [6, 6.07) is 5.31. The molecule has 1 aromatic carbocycles. The number of carboxylic acids is 1. The summed E-state index contributed by atoms with van der Waals surface area (Å²) in [7, 11) is 4.84. The number of carboxylic acid groups (broad SMARTS) is 1. The Kier molecular flexibility index (Phi) is 3.41. The maximum atomic E-state index is 10.9. The van der Waals surface area contributed by atoms with E-state index >= 15 is 0 Å². The zero-order valence-electron chi connectivity index (χ0n) is 10.9. The predicted octanol–water partition coefficient (Wildman–Crippen LogP) is 1.80. The molecule has 6 nitrogen and oxygen atoms in total. The van der Waals surface area contributed by atoms with Gasteiger partial charge in [-0.3, -0.25) is 0 Å². The zero-order valence-corrected chi connectivity index (χ0v) is 10.9. The number of hydrogen-bond acceptors (Lipinski definition) is 4. The van der Waals surface area contributed by atoms with Crippen LogP contribution in [0, 0.1) is 0 Å². The number of nitrogens with zero attached hydrogens (tertiary/aromatic N) is 2. The first-order valence-electron chi connectivity index (χ1n) is 5.56. The van der Waals surface area contributed by atoms with E-state index in [0.29, 0.717) is 17.3 Å². The SMILES string of the molecule is COc1ccc(-c2nc(C(=O)O)cn2C)cc1OC. The van der Waals surface area contributed by atoms with E-state index in [0.717, 1.165) is 5.56 Å². The first kappa shape index (κ1) is 12.9. The highest BCUT2D eigenvalue weighted by Crippen LogP contribution is 2.31. The Balaban J connectivity index is 2.50. The molecule has 2 rings (SSSR count). The van der Waals surface area contributed by atoms with Crippen molar-refractivity contribution in [1.29, 1.82) is 0 Å². The summed E-state index contributed by atoms with van der Waals surface area (Å²) in [5.41, 5.74) is 0.764. The second-order valence-corrected chi connectivity index (χ2v) is 3.94. The second-order valence-electron chi connectivity index (χ2n) is 3.94. The van der Waals surface area contributed by atoms with E-state index in [2.05, 4.69) is 4.98 Å². The van der Waals surface area contributed by atoms with Gasteiger partial charge in [0.05, 0.1) is 14.2 Å². The number of rotatable bonds is 4. The number of hydrogen-bond donors (Lipinski definition) is 1. The van der Waals surface area contributed by atoms with Gasteiger partial charge in [-0.05, 0) is 18.2 Å². The quantitative estimate of drug-likeness (QED) is 0.909. The van der Waals surface area contributed by atoms with Crippen molar-refractivity contribution in [2.24, 2.45) is 7.05 Å². The summed E-state index contributed by atoms with van der Waals surface area (Å²) in [5, 5.41) is 8.93. The summed E-state index contributed by atoms with van der Waals surface area (Å²) in [5.74, 6) is 0.680. The van der Waals surface area contributed by atoms with E-state index in [-0.39, 0.29) is 5.69 Å². The highest BCUT2D eigenvalue weighted by atomic mass is 16.5. The van der Waals surface area contributed by atoms with E-state index in [1.165, 1.54) is 6.20 Å². The van der Waals surface area contributed by atoms with Crippen LogP contribution in [0.25, 0.3) is 11.4 Å². The van der Waals surface area contributed by atoms with Crippen LogP contribution in [0.5, 0.6) is 11.5 Å². The van der Waals surface area contributed by atoms with Crippen LogP contribution < -0.4 is 9.47 Å². The van der Waals surface area contributed by atoms with Crippen molar-refractivity contribution < 1.29 is 19.4 Å². The molecule has 1 N–H and O–H groups in total. The number of ether oxygens (including phenoxy) is 2. The molecule has 0 bridgehead atoms. The molecular formula is C13H14N2O4. The number of carbonyl (C=O) groups is 1. The van der Waals surface area contributed by atoms with Gasteiger partial charge in [-0.25, -0.2) is 9.78 Å². The van der Waals surface area contributed by atoms with Crippen molar-refractivity contribution in [3.8, 4) is 22.9 Å². The average Bonchev–Trinajstić information content (AvgIpc) is 2.80. The minimum absolute atomic E-state index is 0.00675. The summed E-state index contributed by atoms with van der Waals surface area (Å²) in [4.78, 5) is 15.0. The number of benzene rings is 1. The lowest BCUT2D eigenvalue weighted by Crippen LogP contribution is -1.96. The molecule has 0 aliphatic rings. The number of aromatic carboxylic acids is 1. The lowest BCUT2D eigenvalue weighted by Gasteiger charge is -2.09. The van der Waals surface area contributed by atoms with E-state index in [4.69, 9.17) is 14.6 Å². The lowest BCUT2D eigenvalue weighted by atomic mass is 10.2. The molecule has 2 aromatic rings. The molecule has 100 valence electrons. The molecule has 1 aromatic heterocycles. The Bertz CT molecular complexity index is 619. The number of aromatic nitrogens is 2. The van der Waals surface area contributed by atoms with Crippen LogP contribution in [0.1, 0.15) is 10.5 Å². The molecule has 0 atom stereocenters. The Hall–Kier alpha value is -2.50. The van der Waals surface area contributed by atoms with E-state index in [1.54, 1.807) is 44.0 Å². The van der Waals surface area contributed by atoms with Gasteiger partial charge in [0, 0.05) is 18.8 Å². The molecule has 0 unspecified atom stereocenters. The minimum Gasteiger partial charge on any atom is -0.493 e. The summed E-state index contributed by atoms with van der Waals surface area (Å²) in [6.07, 6.45) is 1.47. The van der Waals surface area contributed by atoms with Crippen LogP contribution in [-0.2, 0) is 7.05 Å². The molecule has 0 saturated carbocycles. The molecule has 0 aliphatic carbocycles. The maximum Gasteiger partial charge on any atom is 0.356 e.